The molecule has 0 atom stereocenters. The van der Waals surface area contributed by atoms with Gasteiger partial charge in [0.15, 0.2) is 11.1 Å². The van der Waals surface area contributed by atoms with Crippen LogP contribution in [-0.2, 0) is 6.54 Å². The molecule has 90 valence electrons. The molecule has 4 heteroatoms. The summed E-state index contributed by atoms with van der Waals surface area (Å²) in [6.07, 6.45) is 3.94. The Hall–Kier alpha value is -2.62. The van der Waals surface area contributed by atoms with Gasteiger partial charge in [-0.25, -0.2) is 4.57 Å². The van der Waals surface area contributed by atoms with Crippen molar-refractivity contribution in [2.24, 2.45) is 0 Å². The number of aromatic nitrogens is 3. The first-order valence-corrected chi connectivity index (χ1v) is 6.28. The van der Waals surface area contributed by atoms with Crippen molar-refractivity contribution in [1.82, 2.24) is 9.38 Å². The van der Waals surface area contributed by atoms with Gasteiger partial charge in [0.2, 0.25) is 5.69 Å². The molecule has 0 spiro atoms. The Kier molecular flexibility index (Phi) is 1.49. The number of pyridine rings is 1. The Morgan fingerprint density at radius 2 is 2.11 bits per heavy atom. The van der Waals surface area contributed by atoms with Crippen LogP contribution < -0.4 is 4.57 Å². The number of para-hydroxylation sites is 2. The highest BCUT2D eigenvalue weighted by atomic mass is 16.3. The third kappa shape index (κ3) is 1.04. The first-order chi connectivity index (χ1) is 9.42. The highest BCUT2D eigenvalue weighted by molar-refractivity contribution is 5.83. The first kappa shape index (κ1) is 9.33. The Morgan fingerprint density at radius 3 is 3.11 bits per heavy atom. The van der Waals surface area contributed by atoms with E-state index >= 15 is 0 Å². The second-order valence-corrected chi connectivity index (χ2v) is 4.83. The van der Waals surface area contributed by atoms with Crippen LogP contribution in [-0.4, -0.2) is 9.38 Å². The van der Waals surface area contributed by atoms with Gasteiger partial charge in [-0.15, -0.1) is 0 Å². The van der Waals surface area contributed by atoms with Crippen LogP contribution in [0.2, 0.25) is 0 Å². The zero-order chi connectivity index (χ0) is 12.4. The summed E-state index contributed by atoms with van der Waals surface area (Å²) >= 11 is 0. The predicted molar refractivity (Wildman–Crippen MR) is 69.7 cm³/mol. The van der Waals surface area contributed by atoms with Gasteiger partial charge < -0.3 is 4.42 Å². The summed E-state index contributed by atoms with van der Waals surface area (Å²) in [7, 11) is 0. The summed E-state index contributed by atoms with van der Waals surface area (Å²) in [6.45, 7) is 0.817. The molecule has 4 aromatic rings. The van der Waals surface area contributed by atoms with Gasteiger partial charge in [-0.2, -0.15) is 4.40 Å². The maximum Gasteiger partial charge on any atom is 0.344 e. The molecule has 4 nitrogen and oxygen atoms in total. The summed E-state index contributed by atoms with van der Waals surface area (Å²) in [5.74, 6) is 0. The number of benzene rings is 1. The molecule has 1 aromatic carbocycles. The van der Waals surface area contributed by atoms with Crippen LogP contribution in [0.25, 0.3) is 28.1 Å². The highest BCUT2D eigenvalue weighted by Gasteiger charge is 2.32. The van der Waals surface area contributed by atoms with E-state index in [1.807, 2.05) is 30.5 Å². The van der Waals surface area contributed by atoms with E-state index in [9.17, 15) is 0 Å². The monoisotopic (exact) mass is 248 g/mol. The molecular formula is C15H10N3O+. The number of imidazole rings is 1. The molecule has 4 heterocycles. The second kappa shape index (κ2) is 3.03. The number of hydrogen-bond acceptors (Lipinski definition) is 2. The van der Waals surface area contributed by atoms with Crippen molar-refractivity contribution in [3.8, 4) is 11.3 Å². The Balaban J connectivity index is 1.97. The molecule has 5 rings (SSSR count). The van der Waals surface area contributed by atoms with Crippen LogP contribution in [0.4, 0.5) is 0 Å². The second-order valence-electron chi connectivity index (χ2n) is 4.83. The van der Waals surface area contributed by atoms with Gasteiger partial charge in [0.1, 0.15) is 6.54 Å². The molecule has 0 fully saturated rings. The standard InChI is InChI=1S/C15H10N3O/c1-2-6-13-12(5-1)18-9-17-8-11-10(4-3-7-16-11)14(17)15(18)19-13/h1-7,9H,8H2/q+1. The molecule has 0 N–H and O–H groups in total. The molecule has 1 aliphatic rings. The number of hydrogen-bond donors (Lipinski definition) is 0. The smallest absolute Gasteiger partial charge is 0.344 e. The molecule has 0 amide bonds. The normalized spacial score (nSPS) is 13.1. The Bertz CT molecular complexity index is 949. The first-order valence-electron chi connectivity index (χ1n) is 6.28. The van der Waals surface area contributed by atoms with Gasteiger partial charge in [0, 0.05) is 6.20 Å². The fraction of sp³-hybridized carbons (Fsp3) is 0.0667. The predicted octanol–water partition coefficient (Wildman–Crippen LogP) is 2.40. The molecule has 0 saturated carbocycles. The van der Waals surface area contributed by atoms with E-state index in [-0.39, 0.29) is 0 Å². The van der Waals surface area contributed by atoms with E-state index in [0.29, 0.717) is 0 Å². The molecule has 0 radical (unpaired) electrons. The van der Waals surface area contributed by atoms with E-state index in [4.69, 9.17) is 4.42 Å². The lowest BCUT2D eigenvalue weighted by molar-refractivity contribution is -0.671. The minimum atomic E-state index is 0.817. The number of rotatable bonds is 0. The van der Waals surface area contributed by atoms with E-state index in [1.54, 1.807) is 0 Å². The van der Waals surface area contributed by atoms with E-state index in [0.717, 1.165) is 34.7 Å². The lowest BCUT2D eigenvalue weighted by Gasteiger charge is -1.90. The third-order valence-corrected chi connectivity index (χ3v) is 3.76. The quantitative estimate of drug-likeness (QED) is 0.394. The molecule has 0 saturated heterocycles. The van der Waals surface area contributed by atoms with Crippen LogP contribution in [0, 0.1) is 0 Å². The van der Waals surface area contributed by atoms with Crippen molar-refractivity contribution in [2.75, 3.05) is 0 Å². The summed E-state index contributed by atoms with van der Waals surface area (Å²) in [4.78, 5) is 4.44. The Labute approximate surface area is 108 Å². The van der Waals surface area contributed by atoms with Crippen molar-refractivity contribution < 1.29 is 8.98 Å². The molecule has 0 bridgehead atoms. The lowest BCUT2D eigenvalue weighted by Crippen LogP contribution is -2.29. The molecular weight excluding hydrogens is 238 g/mol. The highest BCUT2D eigenvalue weighted by Crippen LogP contribution is 2.32. The van der Waals surface area contributed by atoms with Crippen LogP contribution in [0.15, 0.2) is 53.3 Å². The minimum absolute atomic E-state index is 0.817. The van der Waals surface area contributed by atoms with Gasteiger partial charge in [-0.1, -0.05) is 12.1 Å². The molecule has 19 heavy (non-hydrogen) atoms. The fourth-order valence-corrected chi connectivity index (χ4v) is 2.93. The SMILES string of the molecule is c1cnc2c(c1)-c1c3oc4ccccc4n3c[n+]1C2. The molecule has 3 aromatic heterocycles. The zero-order valence-corrected chi connectivity index (χ0v) is 10.1. The average Bonchev–Trinajstić information content (AvgIpc) is 3.05. The third-order valence-electron chi connectivity index (χ3n) is 3.76. The lowest BCUT2D eigenvalue weighted by atomic mass is 10.2. The van der Waals surface area contributed by atoms with Gasteiger partial charge in [0.25, 0.3) is 6.33 Å². The van der Waals surface area contributed by atoms with Crippen LogP contribution in [0.5, 0.6) is 0 Å². The zero-order valence-electron chi connectivity index (χ0n) is 10.1. The van der Waals surface area contributed by atoms with E-state index in [2.05, 4.69) is 32.4 Å². The average molecular weight is 248 g/mol. The van der Waals surface area contributed by atoms with Gasteiger partial charge in [-0.3, -0.25) is 4.98 Å². The maximum atomic E-state index is 6.01. The number of oxazole rings is 1. The van der Waals surface area contributed by atoms with E-state index in [1.165, 1.54) is 5.56 Å². The topological polar surface area (TPSA) is 34.3 Å². The Morgan fingerprint density at radius 1 is 1.16 bits per heavy atom. The van der Waals surface area contributed by atoms with Crippen molar-refractivity contribution in [3.05, 3.63) is 54.6 Å². The summed E-state index contributed by atoms with van der Waals surface area (Å²) < 4.78 is 10.3. The maximum absolute atomic E-state index is 6.01. The molecule has 0 aliphatic carbocycles. The number of fused-ring (bicyclic) bond motifs is 7. The van der Waals surface area contributed by atoms with Crippen LogP contribution >= 0.6 is 0 Å². The summed E-state index contributed by atoms with van der Waals surface area (Å²) in [5.41, 5.74) is 6.32. The molecule has 1 aliphatic heterocycles. The van der Waals surface area contributed by atoms with Gasteiger partial charge >= 0.3 is 5.71 Å². The molecule has 0 unspecified atom stereocenters. The van der Waals surface area contributed by atoms with Crippen molar-refractivity contribution in [3.63, 3.8) is 0 Å². The largest absolute Gasteiger partial charge is 0.415 e. The van der Waals surface area contributed by atoms with Gasteiger partial charge in [0.05, 0.1) is 11.3 Å². The van der Waals surface area contributed by atoms with Crippen LogP contribution in [0.1, 0.15) is 5.69 Å². The number of nitrogens with zero attached hydrogens (tertiary/aromatic N) is 3. The fourth-order valence-electron chi connectivity index (χ4n) is 2.93. The van der Waals surface area contributed by atoms with Crippen LogP contribution in [0.3, 0.4) is 0 Å². The van der Waals surface area contributed by atoms with E-state index < -0.39 is 0 Å². The van der Waals surface area contributed by atoms with Gasteiger partial charge in [-0.05, 0) is 24.3 Å². The minimum Gasteiger partial charge on any atom is -0.415 e. The summed E-state index contributed by atoms with van der Waals surface area (Å²) in [5, 5.41) is 0. The van der Waals surface area contributed by atoms with Crippen molar-refractivity contribution in [1.29, 1.82) is 0 Å². The summed E-state index contributed by atoms with van der Waals surface area (Å²) in [6, 6.07) is 12.2. The van der Waals surface area contributed by atoms with Crippen molar-refractivity contribution in [2.45, 2.75) is 6.54 Å². The van der Waals surface area contributed by atoms with Crippen molar-refractivity contribution >= 4 is 16.8 Å².